The molecule has 0 aliphatic carbocycles. The topological polar surface area (TPSA) is 66.3 Å². The normalized spacial score (nSPS) is 12.7. The summed E-state index contributed by atoms with van der Waals surface area (Å²) in [7, 11) is 1.66. The molecule has 0 radical (unpaired) electrons. The molecule has 0 saturated carbocycles. The predicted octanol–water partition coefficient (Wildman–Crippen LogP) is 1.25. The Kier molecular flexibility index (Phi) is 9.34. The van der Waals surface area contributed by atoms with Gasteiger partial charge in [-0.3, -0.25) is 14.8 Å². The Labute approximate surface area is 115 Å². The number of hydrogen-bond donors (Lipinski definition) is 1. The highest BCUT2D eigenvalue weighted by Crippen LogP contribution is 2.12. The maximum absolute atomic E-state index is 11.9. The van der Waals surface area contributed by atoms with Crippen molar-refractivity contribution in [2.45, 2.75) is 20.3 Å². The van der Waals surface area contributed by atoms with Crippen LogP contribution in [0.3, 0.4) is 0 Å². The van der Waals surface area contributed by atoms with Crippen LogP contribution in [-0.4, -0.2) is 51.2 Å². The summed E-state index contributed by atoms with van der Waals surface area (Å²) < 4.78 is 5.03. The Morgan fingerprint density at radius 1 is 1.53 bits per heavy atom. The Hall–Kier alpha value is -1.69. The van der Waals surface area contributed by atoms with Crippen LogP contribution < -0.4 is 5.32 Å². The van der Waals surface area contributed by atoms with Crippen LogP contribution in [0.4, 0.5) is 0 Å². The fourth-order valence-electron chi connectivity index (χ4n) is 1.52. The van der Waals surface area contributed by atoms with Crippen molar-refractivity contribution in [3.63, 3.8) is 0 Å². The molecule has 1 atom stereocenters. The van der Waals surface area contributed by atoms with Crippen LogP contribution in [0.25, 0.3) is 0 Å². The molecule has 1 unspecified atom stereocenters. The van der Waals surface area contributed by atoms with Gasteiger partial charge in [0.15, 0.2) is 0 Å². The Balaban J connectivity index is 4.76. The average molecular weight is 268 g/mol. The average Bonchev–Trinajstić information content (AvgIpc) is 2.40. The molecule has 1 amide bonds. The first kappa shape index (κ1) is 17.3. The summed E-state index contributed by atoms with van der Waals surface area (Å²) in [5, 5.41) is 8.14. The molecule has 108 valence electrons. The third kappa shape index (κ3) is 6.71. The second-order valence-corrected chi connectivity index (χ2v) is 4.17. The Morgan fingerprint density at radius 2 is 2.21 bits per heavy atom. The molecule has 0 aromatic rings. The molecule has 0 aliphatic rings. The number of aliphatic imine (C=N–C) groups is 1. The van der Waals surface area contributed by atoms with Gasteiger partial charge >= 0.3 is 0 Å². The summed E-state index contributed by atoms with van der Waals surface area (Å²) in [6, 6.07) is 0. The van der Waals surface area contributed by atoms with Crippen molar-refractivity contribution in [3.05, 3.63) is 11.9 Å². The van der Waals surface area contributed by atoms with Crippen molar-refractivity contribution >= 4 is 19.3 Å². The third-order valence-electron chi connectivity index (χ3n) is 2.53. The van der Waals surface area contributed by atoms with E-state index in [4.69, 9.17) is 4.74 Å². The van der Waals surface area contributed by atoms with E-state index in [0.717, 1.165) is 6.42 Å². The van der Waals surface area contributed by atoms with Gasteiger partial charge in [0.25, 0.3) is 5.91 Å². The van der Waals surface area contributed by atoms with Gasteiger partial charge in [-0.05, 0) is 26.0 Å². The Morgan fingerprint density at radius 3 is 2.68 bits per heavy atom. The first-order valence-corrected chi connectivity index (χ1v) is 6.27. The molecule has 6 heteroatoms. The fourth-order valence-corrected chi connectivity index (χ4v) is 1.52. The number of nitrogens with zero attached hydrogens (tertiary/aromatic N) is 3. The number of ether oxygens (including phenoxy) is 1. The van der Waals surface area contributed by atoms with Gasteiger partial charge in [0.1, 0.15) is 5.70 Å². The van der Waals surface area contributed by atoms with E-state index in [2.05, 4.69) is 35.8 Å². The number of hydrogen-bond acceptors (Lipinski definition) is 5. The van der Waals surface area contributed by atoms with Crippen LogP contribution in [0.5, 0.6) is 0 Å². The van der Waals surface area contributed by atoms with E-state index >= 15 is 0 Å². The summed E-state index contributed by atoms with van der Waals surface area (Å²) >= 11 is 0. The van der Waals surface area contributed by atoms with Gasteiger partial charge in [0.05, 0.1) is 6.20 Å². The van der Waals surface area contributed by atoms with Crippen molar-refractivity contribution in [1.29, 1.82) is 0 Å². The molecule has 0 aromatic carbocycles. The second kappa shape index (κ2) is 10.3. The zero-order chi connectivity index (χ0) is 14.7. The zero-order valence-electron chi connectivity index (χ0n) is 12.1. The fraction of sp³-hybridized carbons (Fsp3) is 0.615. The van der Waals surface area contributed by atoms with Gasteiger partial charge in [-0.25, -0.2) is 0 Å². The largest absolute Gasteiger partial charge is 0.385 e. The number of nitrogens with one attached hydrogen (secondary N) is 1. The third-order valence-corrected chi connectivity index (χ3v) is 2.53. The first-order chi connectivity index (χ1) is 9.10. The molecule has 0 bridgehead atoms. The summed E-state index contributed by atoms with van der Waals surface area (Å²) in [6.07, 6.45) is 2.27. The zero-order valence-corrected chi connectivity index (χ0v) is 12.1. The van der Waals surface area contributed by atoms with Crippen molar-refractivity contribution in [1.82, 2.24) is 10.3 Å². The molecule has 0 aromatic heterocycles. The van der Waals surface area contributed by atoms with E-state index in [1.807, 2.05) is 6.92 Å². The van der Waals surface area contributed by atoms with E-state index in [-0.39, 0.29) is 5.91 Å². The highest BCUT2D eigenvalue weighted by molar-refractivity contribution is 5.92. The summed E-state index contributed by atoms with van der Waals surface area (Å²) in [5.41, 5.74) is 0.344. The van der Waals surface area contributed by atoms with Gasteiger partial charge in [0.2, 0.25) is 0 Å². The first-order valence-electron chi connectivity index (χ1n) is 6.27. The number of amides is 1. The number of rotatable bonds is 10. The Bertz CT molecular complexity index is 329. The number of methoxy groups -OCH3 is 1. The lowest BCUT2D eigenvalue weighted by atomic mass is 10.1. The second-order valence-electron chi connectivity index (χ2n) is 4.17. The molecule has 0 saturated heterocycles. The smallest absolute Gasteiger partial charge is 0.271 e. The minimum Gasteiger partial charge on any atom is -0.385 e. The molecular formula is C13H24N4O2. The van der Waals surface area contributed by atoms with E-state index in [1.165, 1.54) is 6.20 Å². The van der Waals surface area contributed by atoms with E-state index in [1.54, 1.807) is 12.1 Å². The molecule has 0 aliphatic heterocycles. The van der Waals surface area contributed by atoms with Crippen LogP contribution in [0.2, 0.25) is 0 Å². The van der Waals surface area contributed by atoms with Crippen LogP contribution in [0.1, 0.15) is 20.3 Å². The lowest BCUT2D eigenvalue weighted by Crippen LogP contribution is -2.34. The van der Waals surface area contributed by atoms with Crippen molar-refractivity contribution in [2.24, 2.45) is 16.0 Å². The summed E-state index contributed by atoms with van der Waals surface area (Å²) in [4.78, 5) is 15.6. The lowest BCUT2D eigenvalue weighted by molar-refractivity contribution is -0.119. The van der Waals surface area contributed by atoms with Crippen LogP contribution in [0, 0.1) is 5.92 Å². The van der Waals surface area contributed by atoms with Gasteiger partial charge < -0.3 is 10.1 Å². The molecule has 0 heterocycles. The maximum Gasteiger partial charge on any atom is 0.271 e. The maximum atomic E-state index is 11.9. The van der Waals surface area contributed by atoms with Crippen molar-refractivity contribution in [2.75, 3.05) is 26.8 Å². The quantitative estimate of drug-likeness (QED) is 0.368. The predicted molar refractivity (Wildman–Crippen MR) is 78.2 cm³/mol. The lowest BCUT2D eigenvalue weighted by Gasteiger charge is -2.23. The molecule has 0 fully saturated rings. The molecule has 1 N–H and O–H groups in total. The van der Waals surface area contributed by atoms with Crippen LogP contribution >= 0.6 is 0 Å². The molecule has 0 rings (SSSR count). The van der Waals surface area contributed by atoms with E-state index in [0.29, 0.717) is 31.3 Å². The number of hydrazone groups is 1. The molecule has 19 heavy (non-hydrogen) atoms. The molecule has 0 spiro atoms. The summed E-state index contributed by atoms with van der Waals surface area (Å²) in [6.45, 7) is 12.6. The number of carbonyl (C=O) groups is 1. The van der Waals surface area contributed by atoms with Gasteiger partial charge in [-0.15, -0.1) is 0 Å². The highest BCUT2D eigenvalue weighted by Gasteiger charge is 2.18. The summed E-state index contributed by atoms with van der Waals surface area (Å²) in [5.74, 6) is 0.0781. The number of carbonyl (C=O) groups excluding carboxylic acids is 1. The minimum absolute atomic E-state index is 0.235. The minimum atomic E-state index is -0.235. The monoisotopic (exact) mass is 268 g/mol. The highest BCUT2D eigenvalue weighted by atomic mass is 16.5. The van der Waals surface area contributed by atoms with Gasteiger partial charge in [0, 0.05) is 33.5 Å². The van der Waals surface area contributed by atoms with Crippen molar-refractivity contribution < 1.29 is 9.53 Å². The standard InChI is InChI=1S/C13H24N4O2/c1-6-16-13(18)12(9-14-3)17(15-4)10-11(2)7-8-19-5/h9,11H,3-4,6-8,10H2,1-2,5H3,(H,16,18)/b12-9-. The van der Waals surface area contributed by atoms with E-state index in [9.17, 15) is 4.79 Å². The van der Waals surface area contributed by atoms with Crippen LogP contribution in [-0.2, 0) is 9.53 Å². The van der Waals surface area contributed by atoms with E-state index < -0.39 is 0 Å². The number of likely N-dealkylation sites (N-methyl/N-ethyl adjacent to an activating group) is 1. The van der Waals surface area contributed by atoms with Crippen LogP contribution in [0.15, 0.2) is 22.0 Å². The molecule has 6 nitrogen and oxygen atoms in total. The van der Waals surface area contributed by atoms with Crippen molar-refractivity contribution in [3.8, 4) is 0 Å². The van der Waals surface area contributed by atoms with Gasteiger partial charge in [-0.2, -0.15) is 5.10 Å². The SMILES string of the molecule is C=N/C=C(/C(=O)NCC)N(CC(C)CCOC)N=C. The van der Waals surface area contributed by atoms with Gasteiger partial charge in [-0.1, -0.05) is 6.92 Å². The molecular weight excluding hydrogens is 244 g/mol.